The number of hydrogen-bond donors (Lipinski definition) is 0. The summed E-state index contributed by atoms with van der Waals surface area (Å²) in [4.78, 5) is 16.3. The maximum Gasteiger partial charge on any atom is 0.363 e. The average molecular weight is 369 g/mol. The van der Waals surface area contributed by atoms with Crippen LogP contribution in [0.15, 0.2) is 53.2 Å². The van der Waals surface area contributed by atoms with Gasteiger partial charge >= 0.3 is 5.97 Å². The van der Waals surface area contributed by atoms with Gasteiger partial charge in [-0.05, 0) is 48.4 Å². The number of ether oxygens (including phenoxy) is 3. The van der Waals surface area contributed by atoms with Gasteiger partial charge in [-0.3, -0.25) is 0 Å². The number of hydrogen-bond acceptors (Lipinski definition) is 5. The van der Waals surface area contributed by atoms with Gasteiger partial charge in [0.15, 0.2) is 17.2 Å². The van der Waals surface area contributed by atoms with Crippen molar-refractivity contribution in [3.05, 3.63) is 65.1 Å². The van der Waals surface area contributed by atoms with Crippen LogP contribution in [0.5, 0.6) is 11.5 Å². The summed E-state index contributed by atoms with van der Waals surface area (Å²) in [5.41, 5.74) is 1.26. The van der Waals surface area contributed by atoms with Crippen molar-refractivity contribution in [2.75, 3.05) is 13.7 Å². The Morgan fingerprint density at radius 1 is 1.19 bits per heavy atom. The Balaban J connectivity index is 1.84. The summed E-state index contributed by atoms with van der Waals surface area (Å²) >= 11 is 0. The maximum absolute atomic E-state index is 13.4. The molecule has 0 atom stereocenters. The van der Waals surface area contributed by atoms with Crippen LogP contribution in [0, 0.1) is 5.82 Å². The summed E-state index contributed by atoms with van der Waals surface area (Å²) in [6.07, 6.45) is 3.59. The van der Waals surface area contributed by atoms with Gasteiger partial charge in [-0.2, -0.15) is 0 Å². The van der Waals surface area contributed by atoms with Crippen LogP contribution in [0.1, 0.15) is 30.9 Å². The van der Waals surface area contributed by atoms with Crippen molar-refractivity contribution in [3.8, 4) is 11.5 Å². The van der Waals surface area contributed by atoms with Gasteiger partial charge in [-0.1, -0.05) is 25.5 Å². The highest BCUT2D eigenvalue weighted by Crippen LogP contribution is 2.30. The second-order valence-electron chi connectivity index (χ2n) is 5.96. The van der Waals surface area contributed by atoms with E-state index in [-0.39, 0.29) is 11.6 Å². The molecule has 27 heavy (non-hydrogen) atoms. The number of methoxy groups -OCH3 is 1. The van der Waals surface area contributed by atoms with Crippen molar-refractivity contribution >= 4 is 17.9 Å². The highest BCUT2D eigenvalue weighted by Gasteiger charge is 2.24. The van der Waals surface area contributed by atoms with Crippen molar-refractivity contribution in [2.45, 2.75) is 19.8 Å². The molecular formula is C21H20FNO4. The van der Waals surface area contributed by atoms with Gasteiger partial charge < -0.3 is 14.2 Å². The number of carbonyl (C=O) groups excluding carboxylic acids is 1. The third-order valence-corrected chi connectivity index (χ3v) is 3.94. The molecule has 0 saturated heterocycles. The lowest BCUT2D eigenvalue weighted by Crippen LogP contribution is -2.05. The monoisotopic (exact) mass is 369 g/mol. The number of cyclic esters (lactones) is 1. The van der Waals surface area contributed by atoms with Crippen molar-refractivity contribution in [1.29, 1.82) is 0 Å². The fraction of sp³-hybridized carbons (Fsp3) is 0.238. The zero-order chi connectivity index (χ0) is 19.2. The molecular weight excluding hydrogens is 349 g/mol. The van der Waals surface area contributed by atoms with Gasteiger partial charge in [0, 0.05) is 5.56 Å². The number of rotatable bonds is 7. The van der Waals surface area contributed by atoms with Gasteiger partial charge in [-0.25, -0.2) is 14.2 Å². The van der Waals surface area contributed by atoms with E-state index in [1.165, 1.54) is 18.2 Å². The second-order valence-corrected chi connectivity index (χ2v) is 5.96. The Hall–Kier alpha value is -3.15. The third-order valence-electron chi connectivity index (χ3n) is 3.94. The van der Waals surface area contributed by atoms with Crippen LogP contribution >= 0.6 is 0 Å². The second kappa shape index (κ2) is 8.49. The Labute approximate surface area is 157 Å². The molecule has 0 amide bonds. The number of halogens is 1. The minimum atomic E-state index is -0.587. The normalized spacial score (nSPS) is 14.9. The first kappa shape index (κ1) is 18.6. The van der Waals surface area contributed by atoms with Crippen molar-refractivity contribution in [1.82, 2.24) is 0 Å². The van der Waals surface area contributed by atoms with Gasteiger partial charge in [0.2, 0.25) is 5.90 Å². The Morgan fingerprint density at radius 3 is 2.78 bits per heavy atom. The first-order chi connectivity index (χ1) is 13.1. The van der Waals surface area contributed by atoms with E-state index >= 15 is 0 Å². The summed E-state index contributed by atoms with van der Waals surface area (Å²) < 4.78 is 29.6. The molecule has 1 aliphatic rings. The van der Waals surface area contributed by atoms with Crippen molar-refractivity contribution < 1.29 is 23.4 Å². The van der Waals surface area contributed by atoms with Crippen LogP contribution in [0.3, 0.4) is 0 Å². The molecule has 0 aliphatic carbocycles. The summed E-state index contributed by atoms with van der Waals surface area (Å²) in [6.45, 7) is 2.70. The van der Waals surface area contributed by atoms with E-state index in [1.807, 2.05) is 0 Å². The van der Waals surface area contributed by atoms with E-state index in [1.54, 1.807) is 37.5 Å². The van der Waals surface area contributed by atoms with Crippen LogP contribution in [0.2, 0.25) is 0 Å². The van der Waals surface area contributed by atoms with Crippen molar-refractivity contribution in [2.24, 2.45) is 4.99 Å². The summed E-state index contributed by atoms with van der Waals surface area (Å²) in [5.74, 6) is 0.285. The fourth-order valence-corrected chi connectivity index (χ4v) is 2.53. The number of aliphatic imine (C=N–C) groups is 1. The number of esters is 1. The molecule has 1 aliphatic heterocycles. The molecule has 0 spiro atoms. The van der Waals surface area contributed by atoms with Gasteiger partial charge in [0.25, 0.3) is 0 Å². The Kier molecular flexibility index (Phi) is 5.86. The van der Waals surface area contributed by atoms with Crippen LogP contribution in [-0.4, -0.2) is 25.6 Å². The molecule has 3 rings (SSSR count). The van der Waals surface area contributed by atoms with Crippen molar-refractivity contribution in [3.63, 3.8) is 0 Å². The number of benzene rings is 2. The highest BCUT2D eigenvalue weighted by molar-refractivity contribution is 6.12. The lowest BCUT2D eigenvalue weighted by Gasteiger charge is -2.10. The molecule has 5 nitrogen and oxygen atoms in total. The molecule has 2 aromatic carbocycles. The largest absolute Gasteiger partial charge is 0.493 e. The van der Waals surface area contributed by atoms with Crippen LogP contribution in [0.4, 0.5) is 4.39 Å². The minimum absolute atomic E-state index is 0.0808. The number of unbranched alkanes of at least 4 members (excludes halogenated alkanes) is 1. The van der Waals surface area contributed by atoms with Gasteiger partial charge in [0.1, 0.15) is 5.82 Å². The topological polar surface area (TPSA) is 57.1 Å². The molecule has 0 saturated carbocycles. The van der Waals surface area contributed by atoms with Crippen LogP contribution in [0.25, 0.3) is 6.08 Å². The highest BCUT2D eigenvalue weighted by atomic mass is 19.1. The molecule has 2 aromatic rings. The Morgan fingerprint density at radius 2 is 2.04 bits per heavy atom. The summed E-state index contributed by atoms with van der Waals surface area (Å²) in [5, 5.41) is 0. The molecule has 0 bridgehead atoms. The zero-order valence-electron chi connectivity index (χ0n) is 15.2. The molecule has 0 unspecified atom stereocenters. The van der Waals surface area contributed by atoms with Crippen LogP contribution in [-0.2, 0) is 9.53 Å². The maximum atomic E-state index is 13.4. The molecule has 0 fully saturated rings. The first-order valence-electron chi connectivity index (χ1n) is 8.70. The molecule has 0 radical (unpaired) electrons. The minimum Gasteiger partial charge on any atom is -0.493 e. The first-order valence-corrected chi connectivity index (χ1v) is 8.70. The Bertz CT molecular complexity index is 905. The number of nitrogens with zero attached hydrogens (tertiary/aromatic N) is 1. The van der Waals surface area contributed by atoms with E-state index in [2.05, 4.69) is 11.9 Å². The molecule has 0 aromatic heterocycles. The molecule has 0 N–H and O–H groups in total. The SMILES string of the molecule is CCCCOc1ccc(/C=C2\N=C(c3cccc(F)c3)OC2=O)cc1OC. The molecule has 140 valence electrons. The van der Waals surface area contributed by atoms with E-state index in [9.17, 15) is 9.18 Å². The lowest BCUT2D eigenvalue weighted by atomic mass is 10.1. The van der Waals surface area contributed by atoms with E-state index in [4.69, 9.17) is 14.2 Å². The van der Waals surface area contributed by atoms with E-state index in [0.29, 0.717) is 29.2 Å². The lowest BCUT2D eigenvalue weighted by molar-refractivity contribution is -0.129. The van der Waals surface area contributed by atoms with Gasteiger partial charge in [-0.15, -0.1) is 0 Å². The quantitative estimate of drug-likeness (QED) is 0.413. The molecule has 1 heterocycles. The zero-order valence-corrected chi connectivity index (χ0v) is 15.2. The summed E-state index contributed by atoms with van der Waals surface area (Å²) in [6, 6.07) is 11.1. The number of carbonyl (C=O) groups is 1. The average Bonchev–Trinajstić information content (AvgIpc) is 3.03. The predicted molar refractivity (Wildman–Crippen MR) is 100 cm³/mol. The smallest absolute Gasteiger partial charge is 0.363 e. The van der Waals surface area contributed by atoms with Crippen LogP contribution < -0.4 is 9.47 Å². The standard InChI is InChI=1S/C21H20FNO4/c1-3-4-10-26-18-9-8-14(12-19(18)25-2)11-17-21(24)27-20(23-17)15-6-5-7-16(22)13-15/h5-9,11-13H,3-4,10H2,1-2H3/b17-11-. The third kappa shape index (κ3) is 4.53. The predicted octanol–water partition coefficient (Wildman–Crippen LogP) is 4.36. The fourth-order valence-electron chi connectivity index (χ4n) is 2.53. The van der Waals surface area contributed by atoms with Gasteiger partial charge in [0.05, 0.1) is 13.7 Å². The van der Waals surface area contributed by atoms with E-state index < -0.39 is 11.8 Å². The van der Waals surface area contributed by atoms with E-state index in [0.717, 1.165) is 12.8 Å². The molecule has 6 heteroatoms. The summed E-state index contributed by atoms with van der Waals surface area (Å²) in [7, 11) is 1.56.